The first-order chi connectivity index (χ1) is 14.1. The Morgan fingerprint density at radius 3 is 2.50 bits per heavy atom. The summed E-state index contributed by atoms with van der Waals surface area (Å²) in [6.07, 6.45) is 6.89. The summed E-state index contributed by atoms with van der Waals surface area (Å²) in [7, 11) is 0. The predicted octanol–water partition coefficient (Wildman–Crippen LogP) is 6.72. The van der Waals surface area contributed by atoms with Gasteiger partial charge in [-0.15, -0.1) is 11.8 Å². The molecule has 7 heteroatoms. The van der Waals surface area contributed by atoms with Crippen molar-refractivity contribution in [2.75, 3.05) is 6.26 Å². The number of aliphatic carboxylic acids is 1. The van der Waals surface area contributed by atoms with Crippen LogP contribution in [-0.2, 0) is 4.79 Å². The second-order valence-corrected chi connectivity index (χ2v) is 8.63. The Balaban J connectivity index is 1.83. The molecule has 5 nitrogen and oxygen atoms in total. The Morgan fingerprint density at radius 1 is 1.23 bits per heavy atom. The Labute approximate surface area is 184 Å². The largest absolute Gasteiger partial charge is 0.478 e. The smallest absolute Gasteiger partial charge is 0.347 e. The van der Waals surface area contributed by atoms with Crippen LogP contribution in [0.3, 0.4) is 0 Å². The molecule has 0 fully saturated rings. The number of carboxylic acid groups (broad SMARTS) is 1. The molecule has 0 bridgehead atoms. The summed E-state index contributed by atoms with van der Waals surface area (Å²) in [5, 5.41) is 10.7. The normalized spacial score (nSPS) is 11.9. The molecule has 0 radical (unpaired) electrons. The second-order valence-electron chi connectivity index (χ2n) is 7.38. The van der Waals surface area contributed by atoms with Crippen LogP contribution in [0.25, 0.3) is 17.0 Å². The van der Waals surface area contributed by atoms with Crippen molar-refractivity contribution in [2.45, 2.75) is 38.2 Å². The van der Waals surface area contributed by atoms with E-state index < -0.39 is 11.6 Å². The van der Waals surface area contributed by atoms with E-state index in [2.05, 4.69) is 0 Å². The zero-order valence-corrected chi connectivity index (χ0v) is 19.0. The van der Waals surface area contributed by atoms with E-state index in [4.69, 9.17) is 25.5 Å². The highest BCUT2D eigenvalue weighted by Gasteiger charge is 2.30. The summed E-state index contributed by atoms with van der Waals surface area (Å²) >= 11 is 7.83. The molecule has 0 aliphatic rings. The first-order valence-corrected chi connectivity index (χ1v) is 10.8. The molecule has 30 heavy (non-hydrogen) atoms. The van der Waals surface area contributed by atoms with Gasteiger partial charge in [-0.2, -0.15) is 0 Å². The van der Waals surface area contributed by atoms with Crippen molar-refractivity contribution >= 4 is 46.4 Å². The Bertz CT molecular complexity index is 1110. The zero-order valence-electron chi connectivity index (χ0n) is 17.4. The lowest BCUT2D eigenvalue weighted by Crippen LogP contribution is -2.38. The molecule has 3 aromatic rings. The number of carboxylic acids is 1. The number of aryl methyl sites for hydroxylation is 2. The number of fused-ring (bicyclic) bond motifs is 1. The SMILES string of the molecule is CSc1ccc(O/C=C/c2cc(C)c(OC(C)(C)C(=O)O)c(C)c2)c2occ(Cl)c12. The summed E-state index contributed by atoms with van der Waals surface area (Å²) in [6.45, 7) is 6.82. The van der Waals surface area contributed by atoms with Crippen molar-refractivity contribution in [2.24, 2.45) is 0 Å². The number of halogens is 1. The van der Waals surface area contributed by atoms with E-state index in [1.165, 1.54) is 20.1 Å². The Morgan fingerprint density at radius 2 is 1.90 bits per heavy atom. The number of carbonyl (C=O) groups is 1. The Hall–Kier alpha value is -2.57. The molecule has 0 saturated heterocycles. The van der Waals surface area contributed by atoms with Gasteiger partial charge >= 0.3 is 5.97 Å². The van der Waals surface area contributed by atoms with Gasteiger partial charge in [0.05, 0.1) is 16.7 Å². The standard InChI is InChI=1S/C23H23ClO5S/c1-13-10-15(11-14(2)20(13)29-23(3,4)22(25)26)8-9-27-17-6-7-18(30-5)19-16(24)12-28-21(17)19/h6-12H,1-5H3,(H,25,26)/b9-8+. The van der Waals surface area contributed by atoms with Crippen molar-refractivity contribution < 1.29 is 23.8 Å². The van der Waals surface area contributed by atoms with Gasteiger partial charge in [-0.3, -0.25) is 0 Å². The fourth-order valence-corrected chi connectivity index (χ4v) is 3.95. The second kappa shape index (κ2) is 8.66. The van der Waals surface area contributed by atoms with Crippen LogP contribution >= 0.6 is 23.4 Å². The van der Waals surface area contributed by atoms with Gasteiger partial charge in [0.1, 0.15) is 12.0 Å². The fourth-order valence-electron chi connectivity index (χ4n) is 3.05. The Kier molecular flexibility index (Phi) is 6.38. The summed E-state index contributed by atoms with van der Waals surface area (Å²) in [5.41, 5.74) is 1.87. The molecule has 0 unspecified atom stereocenters. The molecule has 1 aromatic heterocycles. The number of ether oxygens (including phenoxy) is 2. The van der Waals surface area contributed by atoms with Gasteiger partial charge < -0.3 is 19.0 Å². The van der Waals surface area contributed by atoms with E-state index in [1.54, 1.807) is 18.0 Å². The molecule has 0 spiro atoms. The van der Waals surface area contributed by atoms with E-state index in [0.717, 1.165) is 27.0 Å². The number of hydrogen-bond donors (Lipinski definition) is 1. The lowest BCUT2D eigenvalue weighted by molar-refractivity contribution is -0.152. The molecule has 1 N–H and O–H groups in total. The lowest BCUT2D eigenvalue weighted by Gasteiger charge is -2.24. The molecule has 0 amide bonds. The van der Waals surface area contributed by atoms with E-state index >= 15 is 0 Å². The van der Waals surface area contributed by atoms with E-state index in [1.807, 2.05) is 50.4 Å². The third-order valence-corrected chi connectivity index (χ3v) is 5.69. The van der Waals surface area contributed by atoms with Crippen LogP contribution in [0, 0.1) is 13.8 Å². The van der Waals surface area contributed by atoms with Crippen LogP contribution in [-0.4, -0.2) is 22.9 Å². The minimum Gasteiger partial charge on any atom is -0.478 e. The van der Waals surface area contributed by atoms with Gasteiger partial charge in [0.2, 0.25) is 0 Å². The maximum atomic E-state index is 11.4. The monoisotopic (exact) mass is 446 g/mol. The average Bonchev–Trinajstić information content (AvgIpc) is 3.07. The van der Waals surface area contributed by atoms with Gasteiger partial charge in [0, 0.05) is 4.90 Å². The van der Waals surface area contributed by atoms with Crippen molar-refractivity contribution in [3.8, 4) is 11.5 Å². The third kappa shape index (κ3) is 4.45. The maximum Gasteiger partial charge on any atom is 0.347 e. The number of hydrogen-bond acceptors (Lipinski definition) is 5. The van der Waals surface area contributed by atoms with E-state index in [0.29, 0.717) is 22.1 Å². The first kappa shape index (κ1) is 22.1. The minimum atomic E-state index is -1.31. The van der Waals surface area contributed by atoms with Gasteiger partial charge in [-0.1, -0.05) is 11.6 Å². The van der Waals surface area contributed by atoms with Crippen LogP contribution in [0.5, 0.6) is 11.5 Å². The van der Waals surface area contributed by atoms with E-state index in [9.17, 15) is 9.90 Å². The van der Waals surface area contributed by atoms with Crippen molar-refractivity contribution in [3.63, 3.8) is 0 Å². The third-order valence-electron chi connectivity index (χ3n) is 4.63. The van der Waals surface area contributed by atoms with Gasteiger partial charge in [-0.25, -0.2) is 4.79 Å². The molecule has 2 aromatic carbocycles. The molecule has 3 rings (SSSR count). The average molecular weight is 447 g/mol. The highest BCUT2D eigenvalue weighted by atomic mass is 35.5. The number of rotatable bonds is 7. The number of benzene rings is 2. The van der Waals surface area contributed by atoms with Crippen LogP contribution in [0.2, 0.25) is 5.02 Å². The first-order valence-electron chi connectivity index (χ1n) is 9.24. The zero-order chi connectivity index (χ0) is 22.1. The van der Waals surface area contributed by atoms with Crippen LogP contribution in [0.1, 0.15) is 30.5 Å². The van der Waals surface area contributed by atoms with Crippen molar-refractivity contribution in [1.29, 1.82) is 0 Å². The molecule has 0 atom stereocenters. The molecule has 0 aliphatic carbocycles. The molecular formula is C23H23ClO5S. The number of thioether (sulfide) groups is 1. The molecule has 1 heterocycles. The molecule has 158 valence electrons. The van der Waals surface area contributed by atoms with Crippen LogP contribution < -0.4 is 9.47 Å². The summed E-state index contributed by atoms with van der Waals surface area (Å²) in [4.78, 5) is 12.4. The van der Waals surface area contributed by atoms with Gasteiger partial charge in [-0.05, 0) is 81.0 Å². The van der Waals surface area contributed by atoms with Crippen molar-refractivity contribution in [1.82, 2.24) is 0 Å². The van der Waals surface area contributed by atoms with Crippen LogP contribution in [0.4, 0.5) is 0 Å². The molecule has 0 saturated carbocycles. The molecular weight excluding hydrogens is 424 g/mol. The summed E-state index contributed by atoms with van der Waals surface area (Å²) in [6, 6.07) is 7.62. The maximum absolute atomic E-state index is 11.4. The quantitative estimate of drug-likeness (QED) is 0.321. The van der Waals surface area contributed by atoms with E-state index in [-0.39, 0.29) is 0 Å². The number of furan rings is 1. The van der Waals surface area contributed by atoms with Crippen LogP contribution in [0.15, 0.2) is 46.1 Å². The molecule has 0 aliphatic heterocycles. The lowest BCUT2D eigenvalue weighted by atomic mass is 10.0. The fraction of sp³-hybridized carbons (Fsp3) is 0.261. The van der Waals surface area contributed by atoms with Crippen molar-refractivity contribution in [3.05, 3.63) is 58.5 Å². The van der Waals surface area contributed by atoms with Gasteiger partial charge in [0.25, 0.3) is 0 Å². The minimum absolute atomic E-state index is 0.551. The summed E-state index contributed by atoms with van der Waals surface area (Å²) in [5.74, 6) is 0.123. The summed E-state index contributed by atoms with van der Waals surface area (Å²) < 4.78 is 17.1. The van der Waals surface area contributed by atoms with Gasteiger partial charge in [0.15, 0.2) is 16.9 Å². The highest BCUT2D eigenvalue weighted by Crippen LogP contribution is 2.39. The topological polar surface area (TPSA) is 68.9 Å². The predicted molar refractivity (Wildman–Crippen MR) is 121 cm³/mol. The highest BCUT2D eigenvalue weighted by molar-refractivity contribution is 7.98.